The highest BCUT2D eigenvalue weighted by Gasteiger charge is 2.25. The van der Waals surface area contributed by atoms with Gasteiger partial charge in [0.25, 0.3) is 5.91 Å². The van der Waals surface area contributed by atoms with Gasteiger partial charge >= 0.3 is 6.03 Å². The Morgan fingerprint density at radius 2 is 2.00 bits per heavy atom. The van der Waals surface area contributed by atoms with Crippen molar-refractivity contribution in [2.75, 3.05) is 31.6 Å². The van der Waals surface area contributed by atoms with Crippen LogP contribution in [0.4, 0.5) is 10.6 Å². The molecule has 6 rings (SSSR count). The van der Waals surface area contributed by atoms with Gasteiger partial charge in [-0.05, 0) is 30.5 Å². The molecule has 2 aliphatic heterocycles. The van der Waals surface area contributed by atoms with Crippen LogP contribution in [0.1, 0.15) is 24.0 Å². The zero-order valence-electron chi connectivity index (χ0n) is 18.6. The molecule has 0 bridgehead atoms. The van der Waals surface area contributed by atoms with Crippen LogP contribution >= 0.6 is 0 Å². The Balaban J connectivity index is 1.38. The number of carbonyl (C=O) groups excluding carboxylic acids is 2. The molecule has 4 heterocycles. The lowest BCUT2D eigenvalue weighted by molar-refractivity contribution is -0.115. The van der Waals surface area contributed by atoms with Gasteiger partial charge in [0.2, 0.25) is 0 Å². The van der Waals surface area contributed by atoms with E-state index in [1.165, 1.54) is 5.56 Å². The third kappa shape index (κ3) is 4.25. The normalized spacial score (nSPS) is 20.1. The van der Waals surface area contributed by atoms with E-state index >= 15 is 0 Å². The van der Waals surface area contributed by atoms with Crippen LogP contribution in [0.3, 0.4) is 0 Å². The van der Waals surface area contributed by atoms with Gasteiger partial charge < -0.3 is 15.4 Å². The number of hydrogen-bond acceptors (Lipinski definition) is 7. The topological polar surface area (TPSA) is 113 Å². The van der Waals surface area contributed by atoms with E-state index in [2.05, 4.69) is 50.2 Å². The summed E-state index contributed by atoms with van der Waals surface area (Å²) < 4.78 is 7.22. The third-order valence-electron chi connectivity index (χ3n) is 6.18. The number of imide groups is 1. The maximum absolute atomic E-state index is 12.0. The monoisotopic (exact) mass is 459 g/mol. The largest absolute Gasteiger partial charge is 0.379 e. The maximum atomic E-state index is 12.0. The van der Waals surface area contributed by atoms with Crippen molar-refractivity contribution in [1.82, 2.24) is 30.1 Å². The van der Waals surface area contributed by atoms with E-state index < -0.39 is 11.9 Å². The fraction of sp³-hybridized carbons (Fsp3) is 0.333. The van der Waals surface area contributed by atoms with E-state index in [0.29, 0.717) is 17.3 Å². The Hall–Kier alpha value is -3.76. The molecule has 1 saturated carbocycles. The Morgan fingerprint density at radius 3 is 2.76 bits per heavy atom. The second kappa shape index (κ2) is 8.54. The van der Waals surface area contributed by atoms with Gasteiger partial charge in [-0.1, -0.05) is 18.2 Å². The van der Waals surface area contributed by atoms with Gasteiger partial charge in [0, 0.05) is 42.9 Å². The van der Waals surface area contributed by atoms with Crippen molar-refractivity contribution in [1.29, 1.82) is 0 Å². The summed E-state index contributed by atoms with van der Waals surface area (Å²) in [6, 6.07) is 10.3. The van der Waals surface area contributed by atoms with Crippen LogP contribution in [0.5, 0.6) is 0 Å². The van der Waals surface area contributed by atoms with E-state index in [-0.39, 0.29) is 5.70 Å². The number of benzene rings is 1. The van der Waals surface area contributed by atoms with Crippen LogP contribution in [0, 0.1) is 0 Å². The van der Waals surface area contributed by atoms with Gasteiger partial charge in [0.1, 0.15) is 11.5 Å². The minimum Gasteiger partial charge on any atom is -0.379 e. The van der Waals surface area contributed by atoms with Gasteiger partial charge in [0.15, 0.2) is 5.65 Å². The molecular formula is C24H25N7O3. The lowest BCUT2D eigenvalue weighted by Gasteiger charge is -2.26. The van der Waals surface area contributed by atoms with Crippen LogP contribution in [0.25, 0.3) is 23.0 Å². The number of nitrogens with zero attached hydrogens (tertiary/aromatic N) is 4. The zero-order chi connectivity index (χ0) is 23.1. The molecule has 3 N–H and O–H groups in total. The number of rotatable bonds is 6. The molecule has 0 atom stereocenters. The van der Waals surface area contributed by atoms with Crippen molar-refractivity contribution in [3.8, 4) is 11.3 Å². The summed E-state index contributed by atoms with van der Waals surface area (Å²) in [4.78, 5) is 30.8. The van der Waals surface area contributed by atoms with Crippen LogP contribution in [-0.2, 0) is 16.1 Å². The predicted octanol–water partition coefficient (Wildman–Crippen LogP) is 1.98. The number of ether oxygens (including phenoxy) is 1. The first-order valence-electron chi connectivity index (χ1n) is 11.5. The summed E-state index contributed by atoms with van der Waals surface area (Å²) in [6.45, 7) is 4.27. The van der Waals surface area contributed by atoms with Gasteiger partial charge in [-0.3, -0.25) is 15.0 Å². The molecule has 3 aliphatic rings. The molecule has 10 nitrogen and oxygen atoms in total. The second-order valence-corrected chi connectivity index (χ2v) is 8.84. The van der Waals surface area contributed by atoms with Crippen molar-refractivity contribution in [2.24, 2.45) is 0 Å². The summed E-state index contributed by atoms with van der Waals surface area (Å²) in [5, 5.41) is 12.8. The number of anilines is 1. The second-order valence-electron chi connectivity index (χ2n) is 8.84. The molecule has 174 valence electrons. The summed E-state index contributed by atoms with van der Waals surface area (Å²) >= 11 is 0. The molecule has 3 fully saturated rings. The van der Waals surface area contributed by atoms with E-state index in [0.717, 1.165) is 62.8 Å². The Kier molecular flexibility index (Phi) is 5.23. The Bertz CT molecular complexity index is 1310. The van der Waals surface area contributed by atoms with E-state index in [1.807, 2.05) is 6.07 Å². The van der Waals surface area contributed by atoms with Gasteiger partial charge in [0.05, 0.1) is 25.1 Å². The molecule has 0 radical (unpaired) electrons. The number of aromatic nitrogens is 3. The lowest BCUT2D eigenvalue weighted by Crippen LogP contribution is -2.35. The fourth-order valence-electron chi connectivity index (χ4n) is 4.25. The van der Waals surface area contributed by atoms with Crippen molar-refractivity contribution >= 4 is 29.5 Å². The van der Waals surface area contributed by atoms with Gasteiger partial charge in [-0.15, -0.1) is 0 Å². The van der Waals surface area contributed by atoms with Gasteiger partial charge in [-0.2, -0.15) is 9.61 Å². The minimum atomic E-state index is -0.533. The standard InChI is InChI=1S/C24H25N7O3/c32-23-20(28-24(33)29-23)11-17-13-25-31-21(26-18-4-5-18)12-19(27-22(17)31)16-3-1-2-15(10-16)14-30-6-8-34-9-7-30/h1-3,10-13,18,26H,4-9,14H2,(H2,28,29,32,33). The maximum Gasteiger partial charge on any atom is 0.326 e. The SMILES string of the molecule is O=C1NC(=O)C(=Cc2cnn3c(NC4CC4)cc(-c4cccc(CN5CCOCC5)c4)nc23)N1. The average molecular weight is 460 g/mol. The van der Waals surface area contributed by atoms with Crippen molar-refractivity contribution in [2.45, 2.75) is 25.4 Å². The average Bonchev–Trinajstić information content (AvgIpc) is 3.48. The summed E-state index contributed by atoms with van der Waals surface area (Å²) in [5.41, 5.74) is 4.49. The first-order chi connectivity index (χ1) is 16.6. The fourth-order valence-corrected chi connectivity index (χ4v) is 4.25. The molecule has 1 aliphatic carbocycles. The number of urea groups is 1. The number of hydrogen-bond donors (Lipinski definition) is 3. The summed E-state index contributed by atoms with van der Waals surface area (Å²) in [7, 11) is 0. The molecule has 2 aromatic heterocycles. The first kappa shape index (κ1) is 20.8. The number of morpholine rings is 1. The molecule has 3 aromatic rings. The quantitative estimate of drug-likeness (QED) is 0.382. The Morgan fingerprint density at radius 1 is 1.15 bits per heavy atom. The van der Waals surface area contributed by atoms with E-state index in [9.17, 15) is 9.59 Å². The van der Waals surface area contributed by atoms with E-state index in [4.69, 9.17) is 9.72 Å². The molecule has 0 unspecified atom stereocenters. The van der Waals surface area contributed by atoms with Crippen LogP contribution in [0.2, 0.25) is 0 Å². The van der Waals surface area contributed by atoms with Crippen molar-refractivity contribution in [3.63, 3.8) is 0 Å². The zero-order valence-corrected chi connectivity index (χ0v) is 18.6. The minimum absolute atomic E-state index is 0.177. The molecule has 1 aromatic carbocycles. The molecular weight excluding hydrogens is 434 g/mol. The highest BCUT2D eigenvalue weighted by molar-refractivity contribution is 6.14. The predicted molar refractivity (Wildman–Crippen MR) is 126 cm³/mol. The first-order valence-corrected chi connectivity index (χ1v) is 11.5. The van der Waals surface area contributed by atoms with E-state index in [1.54, 1.807) is 16.8 Å². The number of carbonyl (C=O) groups is 2. The van der Waals surface area contributed by atoms with Crippen LogP contribution in [0.15, 0.2) is 42.2 Å². The van der Waals surface area contributed by atoms with Crippen LogP contribution in [-0.4, -0.2) is 63.8 Å². The summed E-state index contributed by atoms with van der Waals surface area (Å²) in [5.74, 6) is 0.387. The number of nitrogens with one attached hydrogen (secondary N) is 3. The molecule has 10 heteroatoms. The number of amides is 3. The molecule has 0 spiro atoms. The lowest BCUT2D eigenvalue weighted by atomic mass is 10.1. The third-order valence-corrected chi connectivity index (χ3v) is 6.18. The number of fused-ring (bicyclic) bond motifs is 1. The van der Waals surface area contributed by atoms with Crippen LogP contribution < -0.4 is 16.0 Å². The van der Waals surface area contributed by atoms with Crippen molar-refractivity contribution < 1.29 is 14.3 Å². The molecule has 2 saturated heterocycles. The molecule has 3 amide bonds. The highest BCUT2D eigenvalue weighted by atomic mass is 16.5. The smallest absolute Gasteiger partial charge is 0.326 e. The molecule has 34 heavy (non-hydrogen) atoms. The highest BCUT2D eigenvalue weighted by Crippen LogP contribution is 2.29. The van der Waals surface area contributed by atoms with Gasteiger partial charge in [-0.25, -0.2) is 9.78 Å². The summed E-state index contributed by atoms with van der Waals surface area (Å²) in [6.07, 6.45) is 5.51. The Labute approximate surface area is 196 Å². The van der Waals surface area contributed by atoms with Crippen molar-refractivity contribution in [3.05, 3.63) is 53.4 Å².